The van der Waals surface area contributed by atoms with Gasteiger partial charge in [-0.25, -0.2) is 9.59 Å². The van der Waals surface area contributed by atoms with Crippen LogP contribution in [-0.4, -0.2) is 34.9 Å². The Morgan fingerprint density at radius 3 is 2.24 bits per heavy atom. The third-order valence-corrected chi connectivity index (χ3v) is 5.91. The van der Waals surface area contributed by atoms with Crippen molar-refractivity contribution in [2.24, 2.45) is 0 Å². The molecule has 6 nitrogen and oxygen atoms in total. The average Bonchev–Trinajstić information content (AvgIpc) is 3.13. The molecule has 3 aromatic rings. The Hall–Kier alpha value is -4.06. The number of carbonyl (C=O) groups is 2. The molecule has 168 valence electrons. The van der Waals surface area contributed by atoms with Crippen molar-refractivity contribution in [3.05, 3.63) is 102 Å². The summed E-state index contributed by atoms with van der Waals surface area (Å²) in [6, 6.07) is 19.6. The Bertz CT molecular complexity index is 1160. The van der Waals surface area contributed by atoms with Crippen LogP contribution in [0.2, 0.25) is 0 Å². The van der Waals surface area contributed by atoms with E-state index in [-0.39, 0.29) is 24.7 Å². The molecule has 3 aromatic carbocycles. The predicted molar refractivity (Wildman–Crippen MR) is 125 cm³/mol. The number of phenols is 1. The van der Waals surface area contributed by atoms with E-state index in [0.29, 0.717) is 12.0 Å². The number of allylic oxidation sites excluding steroid dienone is 1. The van der Waals surface area contributed by atoms with Crippen LogP contribution in [0.15, 0.2) is 79.4 Å². The Morgan fingerprint density at radius 2 is 1.64 bits per heavy atom. The number of benzene rings is 3. The summed E-state index contributed by atoms with van der Waals surface area (Å²) in [4.78, 5) is 24.4. The molecule has 1 amide bonds. The van der Waals surface area contributed by atoms with Crippen molar-refractivity contribution < 1.29 is 24.5 Å². The van der Waals surface area contributed by atoms with Crippen LogP contribution in [-0.2, 0) is 22.4 Å². The number of alkyl carbamates (subject to hydrolysis) is 1. The van der Waals surface area contributed by atoms with Gasteiger partial charge in [-0.15, -0.1) is 6.58 Å². The second kappa shape index (κ2) is 9.61. The molecular formula is C27H25NO5. The van der Waals surface area contributed by atoms with Gasteiger partial charge < -0.3 is 20.3 Å². The number of phenolic OH excluding ortho intramolecular Hbond substituents is 1. The summed E-state index contributed by atoms with van der Waals surface area (Å²) >= 11 is 0. The molecule has 1 atom stereocenters. The van der Waals surface area contributed by atoms with E-state index in [4.69, 9.17) is 4.74 Å². The predicted octanol–water partition coefficient (Wildman–Crippen LogP) is 4.66. The van der Waals surface area contributed by atoms with Gasteiger partial charge in [0.2, 0.25) is 0 Å². The van der Waals surface area contributed by atoms with Gasteiger partial charge in [0.05, 0.1) is 0 Å². The number of fused-ring (bicyclic) bond motifs is 3. The zero-order valence-corrected chi connectivity index (χ0v) is 18.0. The lowest BCUT2D eigenvalue weighted by molar-refractivity contribution is -0.139. The first-order valence-corrected chi connectivity index (χ1v) is 10.7. The molecule has 3 N–H and O–H groups in total. The standard InChI is InChI=1S/C27H25NO5/c1-2-7-17-14-19(29)13-12-18(17)15-25(26(30)31)28-27(32)33-16-24-22-10-5-3-8-20(22)21-9-4-6-11-23(21)24/h2-6,8-14,24-25,29H,1,7,15-16H2,(H,28,32)(H,30,31)/t25-/m0/s1. The third-order valence-electron chi connectivity index (χ3n) is 5.91. The monoisotopic (exact) mass is 443 g/mol. The average molecular weight is 443 g/mol. The van der Waals surface area contributed by atoms with E-state index in [2.05, 4.69) is 11.9 Å². The first-order valence-electron chi connectivity index (χ1n) is 10.7. The molecule has 33 heavy (non-hydrogen) atoms. The maximum atomic E-state index is 12.5. The van der Waals surface area contributed by atoms with Crippen LogP contribution >= 0.6 is 0 Å². The van der Waals surface area contributed by atoms with Crippen molar-refractivity contribution >= 4 is 12.1 Å². The smallest absolute Gasteiger partial charge is 0.407 e. The zero-order chi connectivity index (χ0) is 23.4. The number of aliphatic carboxylic acids is 1. The van der Waals surface area contributed by atoms with Gasteiger partial charge in [-0.1, -0.05) is 60.7 Å². The van der Waals surface area contributed by atoms with Gasteiger partial charge >= 0.3 is 12.1 Å². The number of hydrogen-bond donors (Lipinski definition) is 3. The van der Waals surface area contributed by atoms with E-state index < -0.39 is 18.1 Å². The number of aromatic hydroxyl groups is 1. The van der Waals surface area contributed by atoms with Crippen LogP contribution in [0.4, 0.5) is 4.79 Å². The van der Waals surface area contributed by atoms with Gasteiger partial charge in [-0.3, -0.25) is 0 Å². The second-order valence-electron chi connectivity index (χ2n) is 8.01. The SMILES string of the molecule is C=CCc1cc(O)ccc1C[C@H](NC(=O)OCC1c2ccccc2-c2ccccc21)C(=O)O. The summed E-state index contributed by atoms with van der Waals surface area (Å²) in [6.07, 6.45) is 1.42. The number of hydrogen-bond acceptors (Lipinski definition) is 4. The lowest BCUT2D eigenvalue weighted by Gasteiger charge is -2.18. The minimum Gasteiger partial charge on any atom is -0.508 e. The van der Waals surface area contributed by atoms with Crippen molar-refractivity contribution in [3.8, 4) is 16.9 Å². The molecule has 0 aliphatic heterocycles. The van der Waals surface area contributed by atoms with E-state index in [1.54, 1.807) is 18.2 Å². The van der Waals surface area contributed by atoms with E-state index in [0.717, 1.165) is 27.8 Å². The van der Waals surface area contributed by atoms with Crippen molar-refractivity contribution in [1.29, 1.82) is 0 Å². The summed E-state index contributed by atoms with van der Waals surface area (Å²) in [6.45, 7) is 3.80. The molecule has 1 aliphatic rings. The summed E-state index contributed by atoms with van der Waals surface area (Å²) in [5, 5.41) is 21.9. The normalized spacial score (nSPS) is 13.0. The van der Waals surface area contributed by atoms with Crippen LogP contribution in [0.1, 0.15) is 28.2 Å². The summed E-state index contributed by atoms with van der Waals surface area (Å²) in [5.74, 6) is -1.18. The van der Waals surface area contributed by atoms with E-state index >= 15 is 0 Å². The van der Waals surface area contributed by atoms with Gasteiger partial charge in [-0.05, 0) is 51.9 Å². The quantitative estimate of drug-likeness (QED) is 0.440. The molecule has 0 saturated heterocycles. The van der Waals surface area contributed by atoms with Gasteiger partial charge in [-0.2, -0.15) is 0 Å². The van der Waals surface area contributed by atoms with Gasteiger partial charge in [0.25, 0.3) is 0 Å². The summed E-state index contributed by atoms with van der Waals surface area (Å²) < 4.78 is 5.49. The van der Waals surface area contributed by atoms with Crippen LogP contribution in [0.25, 0.3) is 11.1 Å². The van der Waals surface area contributed by atoms with E-state index in [9.17, 15) is 19.8 Å². The molecule has 0 unspecified atom stereocenters. The maximum absolute atomic E-state index is 12.5. The van der Waals surface area contributed by atoms with Gasteiger partial charge in [0, 0.05) is 12.3 Å². The Morgan fingerprint density at radius 1 is 1.00 bits per heavy atom. The molecule has 0 aromatic heterocycles. The van der Waals surface area contributed by atoms with Crippen LogP contribution in [0.5, 0.6) is 5.75 Å². The van der Waals surface area contributed by atoms with E-state index in [1.807, 2.05) is 48.5 Å². The fraction of sp³-hybridized carbons (Fsp3) is 0.185. The highest BCUT2D eigenvalue weighted by molar-refractivity contribution is 5.81. The minimum atomic E-state index is -1.17. The number of carbonyl (C=O) groups excluding carboxylic acids is 1. The summed E-state index contributed by atoms with van der Waals surface area (Å²) in [7, 11) is 0. The maximum Gasteiger partial charge on any atom is 0.407 e. The number of carboxylic acid groups (broad SMARTS) is 1. The molecule has 0 saturated carbocycles. The second-order valence-corrected chi connectivity index (χ2v) is 8.01. The molecule has 0 bridgehead atoms. The molecular weight excluding hydrogens is 418 g/mol. The number of ether oxygens (including phenoxy) is 1. The van der Waals surface area contributed by atoms with Crippen molar-refractivity contribution in [3.63, 3.8) is 0 Å². The highest BCUT2D eigenvalue weighted by Gasteiger charge is 2.30. The third kappa shape index (κ3) is 4.75. The van der Waals surface area contributed by atoms with Crippen LogP contribution < -0.4 is 5.32 Å². The first kappa shape index (κ1) is 22.1. The molecule has 0 radical (unpaired) electrons. The number of rotatable bonds is 8. The van der Waals surface area contributed by atoms with Crippen LogP contribution in [0.3, 0.4) is 0 Å². The number of carboxylic acids is 1. The molecule has 1 aliphatic carbocycles. The Labute approximate surface area is 192 Å². The zero-order valence-electron chi connectivity index (χ0n) is 18.0. The Balaban J connectivity index is 1.45. The van der Waals surface area contributed by atoms with Gasteiger partial charge in [0.1, 0.15) is 18.4 Å². The molecule has 0 fully saturated rings. The molecule has 0 spiro atoms. The topological polar surface area (TPSA) is 95.9 Å². The highest BCUT2D eigenvalue weighted by Crippen LogP contribution is 2.44. The van der Waals surface area contributed by atoms with Crippen molar-refractivity contribution in [2.75, 3.05) is 6.61 Å². The fourth-order valence-electron chi connectivity index (χ4n) is 4.36. The number of amides is 1. The highest BCUT2D eigenvalue weighted by atomic mass is 16.5. The van der Waals surface area contributed by atoms with Crippen molar-refractivity contribution in [1.82, 2.24) is 5.32 Å². The van der Waals surface area contributed by atoms with Crippen LogP contribution in [0, 0.1) is 0 Å². The van der Waals surface area contributed by atoms with E-state index in [1.165, 1.54) is 6.07 Å². The lowest BCUT2D eigenvalue weighted by Crippen LogP contribution is -2.43. The van der Waals surface area contributed by atoms with Gasteiger partial charge in [0.15, 0.2) is 0 Å². The first-order chi connectivity index (χ1) is 16.0. The molecule has 6 heteroatoms. The molecule has 0 heterocycles. The molecule has 4 rings (SSSR count). The summed E-state index contributed by atoms with van der Waals surface area (Å²) in [5.41, 5.74) is 5.86. The largest absolute Gasteiger partial charge is 0.508 e. The number of nitrogens with one attached hydrogen (secondary N) is 1. The van der Waals surface area contributed by atoms with Crippen molar-refractivity contribution in [2.45, 2.75) is 24.8 Å². The lowest BCUT2D eigenvalue weighted by atomic mass is 9.97. The Kier molecular flexibility index (Phi) is 6.45. The fourth-order valence-corrected chi connectivity index (χ4v) is 4.36. The minimum absolute atomic E-state index is 0.0585.